The van der Waals surface area contributed by atoms with E-state index >= 15 is 0 Å². The Hall–Kier alpha value is -4.00. The number of aliphatic hydroxyl groups is 1. The molecule has 3 heterocycles. The number of thiazole rings is 1. The summed E-state index contributed by atoms with van der Waals surface area (Å²) < 4.78 is 2.93. The van der Waals surface area contributed by atoms with Crippen LogP contribution in [0.3, 0.4) is 0 Å². The lowest BCUT2D eigenvalue weighted by atomic mass is 10.2. The van der Waals surface area contributed by atoms with Crippen LogP contribution in [0.1, 0.15) is 10.6 Å². The third kappa shape index (κ3) is 4.17. The Labute approximate surface area is 204 Å². The molecule has 1 N–H and O–H groups in total. The highest BCUT2D eigenvalue weighted by Crippen LogP contribution is 2.32. The number of allylic oxidation sites excluding steroid dienone is 1. The number of aromatic nitrogens is 5. The van der Waals surface area contributed by atoms with E-state index in [-0.39, 0.29) is 17.1 Å². The number of benzene rings is 2. The van der Waals surface area contributed by atoms with Crippen molar-refractivity contribution in [2.75, 3.05) is 5.75 Å². The lowest BCUT2D eigenvalue weighted by Gasteiger charge is -2.12. The maximum absolute atomic E-state index is 10.8. The summed E-state index contributed by atoms with van der Waals surface area (Å²) in [5, 5.41) is 30.5. The Kier molecular flexibility index (Phi) is 6.08. The molecule has 0 aliphatic heterocycles. The van der Waals surface area contributed by atoms with E-state index in [0.29, 0.717) is 16.0 Å². The number of rotatable bonds is 6. The van der Waals surface area contributed by atoms with Crippen LogP contribution in [-0.4, -0.2) is 35.6 Å². The summed E-state index contributed by atoms with van der Waals surface area (Å²) in [6, 6.07) is 21.5. The van der Waals surface area contributed by atoms with Crippen LogP contribution in [-0.2, 0) is 0 Å². The van der Waals surface area contributed by atoms with Crippen LogP contribution in [0.2, 0.25) is 0 Å². The van der Waals surface area contributed by atoms with Crippen molar-refractivity contribution >= 4 is 38.9 Å². The van der Waals surface area contributed by atoms with Crippen molar-refractivity contribution in [1.82, 2.24) is 24.7 Å². The summed E-state index contributed by atoms with van der Waals surface area (Å²) >= 11 is 2.69. The van der Waals surface area contributed by atoms with Gasteiger partial charge in [-0.15, -0.1) is 21.5 Å². The monoisotopic (exact) mass is 482 g/mol. The van der Waals surface area contributed by atoms with E-state index in [2.05, 4.69) is 26.2 Å². The Morgan fingerprint density at radius 1 is 1.06 bits per heavy atom. The molecule has 0 saturated heterocycles. The topological polar surface area (TPSA) is 101 Å². The minimum atomic E-state index is -0.0450. The standard InChI is InChI=1S/C25H18N6OS2/c1-16-6-2-4-8-20(16)31-23(17-10-12-27-13-11-17)29-30-25(31)33-15-21(32)18(14-26)24-28-19-7-3-5-9-22(19)34-24/h2-13,32H,15H2,1H3/b21-18-. The SMILES string of the molecule is Cc1ccccc1-n1c(SC/C(O)=C(\C#N)c2nc3ccccc3s2)nnc1-c1ccncc1. The molecular formula is C25H18N6OS2. The Balaban J connectivity index is 1.51. The molecule has 0 bridgehead atoms. The highest BCUT2D eigenvalue weighted by molar-refractivity contribution is 7.99. The molecule has 2 aromatic carbocycles. The maximum Gasteiger partial charge on any atom is 0.196 e. The molecule has 0 aliphatic rings. The predicted octanol–water partition coefficient (Wildman–Crippen LogP) is 5.83. The smallest absolute Gasteiger partial charge is 0.196 e. The van der Waals surface area contributed by atoms with Gasteiger partial charge in [-0.1, -0.05) is 42.1 Å². The van der Waals surface area contributed by atoms with Crippen molar-refractivity contribution in [3.8, 4) is 23.1 Å². The van der Waals surface area contributed by atoms with Gasteiger partial charge in [0.1, 0.15) is 22.4 Å². The van der Waals surface area contributed by atoms with Crippen LogP contribution in [0.15, 0.2) is 84.0 Å². The number of nitrogens with zero attached hydrogens (tertiary/aromatic N) is 6. The second-order valence-electron chi connectivity index (χ2n) is 7.37. The number of hydrogen-bond acceptors (Lipinski definition) is 8. The molecule has 34 heavy (non-hydrogen) atoms. The Morgan fingerprint density at radius 3 is 2.59 bits per heavy atom. The predicted molar refractivity (Wildman–Crippen MR) is 135 cm³/mol. The fourth-order valence-corrected chi connectivity index (χ4v) is 5.31. The van der Waals surface area contributed by atoms with Gasteiger partial charge in [-0.25, -0.2) is 4.98 Å². The van der Waals surface area contributed by atoms with Crippen LogP contribution in [0.5, 0.6) is 0 Å². The molecular weight excluding hydrogens is 464 g/mol. The average molecular weight is 483 g/mol. The van der Waals surface area contributed by atoms with Crippen molar-refractivity contribution in [2.24, 2.45) is 0 Å². The van der Waals surface area contributed by atoms with Gasteiger partial charge in [0.15, 0.2) is 11.0 Å². The van der Waals surface area contributed by atoms with Gasteiger partial charge in [-0.3, -0.25) is 9.55 Å². The van der Waals surface area contributed by atoms with Crippen LogP contribution in [0, 0.1) is 18.3 Å². The minimum absolute atomic E-state index is 0.0450. The van der Waals surface area contributed by atoms with Gasteiger partial charge in [-0.05, 0) is 42.8 Å². The van der Waals surface area contributed by atoms with Gasteiger partial charge in [0.2, 0.25) is 0 Å². The third-order valence-electron chi connectivity index (χ3n) is 5.17. The molecule has 0 spiro atoms. The Bertz CT molecular complexity index is 1520. The van der Waals surface area contributed by atoms with Crippen molar-refractivity contribution in [1.29, 1.82) is 5.26 Å². The quantitative estimate of drug-likeness (QED) is 0.184. The van der Waals surface area contributed by atoms with E-state index in [4.69, 9.17) is 0 Å². The number of aryl methyl sites for hydroxylation is 1. The molecule has 9 heteroatoms. The van der Waals surface area contributed by atoms with Crippen molar-refractivity contribution in [3.05, 3.63) is 89.4 Å². The van der Waals surface area contributed by atoms with E-state index in [1.165, 1.54) is 23.1 Å². The normalized spacial score (nSPS) is 11.9. The average Bonchev–Trinajstić information content (AvgIpc) is 3.48. The van der Waals surface area contributed by atoms with E-state index < -0.39 is 0 Å². The number of aliphatic hydroxyl groups excluding tert-OH is 1. The first-order valence-electron chi connectivity index (χ1n) is 10.4. The Morgan fingerprint density at radius 2 is 1.82 bits per heavy atom. The molecule has 0 atom stereocenters. The van der Waals surface area contributed by atoms with Gasteiger partial charge < -0.3 is 5.11 Å². The summed E-state index contributed by atoms with van der Waals surface area (Å²) in [6.07, 6.45) is 3.43. The number of pyridine rings is 1. The van der Waals surface area contributed by atoms with Crippen molar-refractivity contribution in [3.63, 3.8) is 0 Å². The zero-order valence-electron chi connectivity index (χ0n) is 18.1. The van der Waals surface area contributed by atoms with Gasteiger partial charge in [0.25, 0.3) is 0 Å². The summed E-state index contributed by atoms with van der Waals surface area (Å²) in [6.45, 7) is 2.03. The first-order valence-corrected chi connectivity index (χ1v) is 12.2. The number of thioether (sulfide) groups is 1. The second-order valence-corrected chi connectivity index (χ2v) is 9.35. The molecule has 3 aromatic heterocycles. The number of fused-ring (bicyclic) bond motifs is 1. The fraction of sp³-hybridized carbons (Fsp3) is 0.0800. The zero-order chi connectivity index (χ0) is 23.5. The molecule has 5 aromatic rings. The molecule has 0 saturated carbocycles. The highest BCUT2D eigenvalue weighted by Gasteiger charge is 2.19. The van der Waals surface area contributed by atoms with Gasteiger partial charge >= 0.3 is 0 Å². The summed E-state index contributed by atoms with van der Waals surface area (Å²) in [5.74, 6) is 0.782. The van der Waals surface area contributed by atoms with Crippen LogP contribution in [0.25, 0.3) is 32.9 Å². The lowest BCUT2D eigenvalue weighted by molar-refractivity contribution is 0.420. The first kappa shape index (κ1) is 21.8. The fourth-order valence-electron chi connectivity index (χ4n) is 3.50. The van der Waals surface area contributed by atoms with Gasteiger partial charge in [-0.2, -0.15) is 5.26 Å². The van der Waals surface area contributed by atoms with E-state index in [0.717, 1.165) is 27.0 Å². The molecule has 7 nitrogen and oxygen atoms in total. The molecule has 0 amide bonds. The van der Waals surface area contributed by atoms with Crippen LogP contribution in [0.4, 0.5) is 0 Å². The third-order valence-corrected chi connectivity index (χ3v) is 7.17. The number of hydrogen-bond donors (Lipinski definition) is 1. The second kappa shape index (κ2) is 9.47. The molecule has 0 fully saturated rings. The molecule has 0 radical (unpaired) electrons. The molecule has 0 unspecified atom stereocenters. The minimum Gasteiger partial charge on any atom is -0.510 e. The summed E-state index contributed by atoms with van der Waals surface area (Å²) in [4.78, 5) is 8.60. The van der Waals surface area contributed by atoms with Crippen LogP contribution < -0.4 is 0 Å². The summed E-state index contributed by atoms with van der Waals surface area (Å²) in [5.41, 5.74) is 3.86. The van der Waals surface area contributed by atoms with E-state index in [1.807, 2.05) is 72.2 Å². The maximum atomic E-state index is 10.8. The number of nitriles is 1. The van der Waals surface area contributed by atoms with Crippen LogP contribution >= 0.6 is 23.1 Å². The molecule has 5 rings (SSSR count). The zero-order valence-corrected chi connectivity index (χ0v) is 19.7. The van der Waals surface area contributed by atoms with E-state index in [9.17, 15) is 10.4 Å². The van der Waals surface area contributed by atoms with Crippen molar-refractivity contribution in [2.45, 2.75) is 12.1 Å². The number of para-hydroxylation sites is 2. The molecule has 166 valence electrons. The van der Waals surface area contributed by atoms with Gasteiger partial charge in [0, 0.05) is 18.0 Å². The lowest BCUT2D eigenvalue weighted by Crippen LogP contribution is -2.03. The highest BCUT2D eigenvalue weighted by atomic mass is 32.2. The van der Waals surface area contributed by atoms with Gasteiger partial charge in [0.05, 0.1) is 21.7 Å². The largest absolute Gasteiger partial charge is 0.510 e. The first-order chi connectivity index (χ1) is 16.7. The van der Waals surface area contributed by atoms with E-state index in [1.54, 1.807) is 12.4 Å². The summed E-state index contributed by atoms with van der Waals surface area (Å²) in [7, 11) is 0. The van der Waals surface area contributed by atoms with Crippen molar-refractivity contribution < 1.29 is 5.11 Å². The molecule has 0 aliphatic carbocycles.